The molecule has 35 heavy (non-hydrogen) atoms. The molecule has 0 unspecified atom stereocenters. The number of rotatable bonds is 10. The van der Waals surface area contributed by atoms with E-state index in [1.807, 2.05) is 30.3 Å². The van der Waals surface area contributed by atoms with Crippen molar-refractivity contribution in [1.29, 1.82) is 0 Å². The first-order valence-electron chi connectivity index (χ1n) is 11.5. The van der Waals surface area contributed by atoms with Crippen molar-refractivity contribution in [3.63, 3.8) is 0 Å². The number of furan rings is 1. The van der Waals surface area contributed by atoms with Crippen LogP contribution in [-0.4, -0.2) is 31.4 Å². The number of aromatic nitrogens is 4. The van der Waals surface area contributed by atoms with Crippen LogP contribution in [0.5, 0.6) is 0 Å². The zero-order valence-corrected chi connectivity index (χ0v) is 19.8. The van der Waals surface area contributed by atoms with Crippen molar-refractivity contribution in [2.24, 2.45) is 0 Å². The maximum Gasteiger partial charge on any atom is 0.220 e. The van der Waals surface area contributed by atoms with Crippen molar-refractivity contribution >= 4 is 39.7 Å². The number of carbonyl (C=O) groups excluding carboxylic acids is 1. The van der Waals surface area contributed by atoms with E-state index < -0.39 is 0 Å². The summed E-state index contributed by atoms with van der Waals surface area (Å²) >= 11 is 1.53. The molecule has 178 valence electrons. The van der Waals surface area contributed by atoms with Gasteiger partial charge in [0.05, 0.1) is 18.3 Å². The number of nitrogens with zero attached hydrogens (tertiary/aromatic N) is 4. The molecule has 0 fully saturated rings. The topological polar surface area (TPSA) is 85.8 Å². The number of benzene rings is 2. The van der Waals surface area contributed by atoms with E-state index in [9.17, 15) is 9.18 Å². The molecule has 0 saturated heterocycles. The summed E-state index contributed by atoms with van der Waals surface area (Å²) in [6, 6.07) is 18.1. The molecule has 9 heteroatoms. The molecule has 3 aromatic heterocycles. The number of nitrogens with one attached hydrogen (secondary N) is 1. The van der Waals surface area contributed by atoms with Gasteiger partial charge < -0.3 is 14.3 Å². The van der Waals surface area contributed by atoms with Gasteiger partial charge in [-0.05, 0) is 48.7 Å². The molecule has 0 aliphatic carbocycles. The highest BCUT2D eigenvalue weighted by Crippen LogP contribution is 2.28. The first kappa shape index (κ1) is 23.0. The van der Waals surface area contributed by atoms with E-state index >= 15 is 0 Å². The quantitative estimate of drug-likeness (QED) is 0.211. The lowest BCUT2D eigenvalue weighted by molar-refractivity contribution is -0.121. The number of carbonyl (C=O) groups is 1. The van der Waals surface area contributed by atoms with E-state index in [0.717, 1.165) is 52.0 Å². The van der Waals surface area contributed by atoms with Crippen molar-refractivity contribution in [3.05, 3.63) is 84.1 Å². The molecule has 0 spiro atoms. The van der Waals surface area contributed by atoms with E-state index in [1.165, 1.54) is 23.9 Å². The maximum absolute atomic E-state index is 13.4. The number of fused-ring (bicyclic) bond motifs is 3. The van der Waals surface area contributed by atoms with E-state index in [2.05, 4.69) is 20.1 Å². The molecule has 7 nitrogen and oxygen atoms in total. The fourth-order valence-electron chi connectivity index (χ4n) is 3.92. The summed E-state index contributed by atoms with van der Waals surface area (Å²) in [7, 11) is 0. The van der Waals surface area contributed by atoms with Gasteiger partial charge in [0.2, 0.25) is 11.1 Å². The minimum atomic E-state index is -0.256. The van der Waals surface area contributed by atoms with Crippen LogP contribution in [0.2, 0.25) is 0 Å². The monoisotopic (exact) mass is 489 g/mol. The molecule has 0 aliphatic rings. The fourth-order valence-corrected chi connectivity index (χ4v) is 4.70. The number of thioether (sulfide) groups is 1. The Morgan fingerprint density at radius 3 is 2.71 bits per heavy atom. The highest BCUT2D eigenvalue weighted by molar-refractivity contribution is 7.99. The van der Waals surface area contributed by atoms with Crippen molar-refractivity contribution in [3.8, 4) is 0 Å². The minimum Gasteiger partial charge on any atom is -0.467 e. The van der Waals surface area contributed by atoms with Crippen molar-refractivity contribution < 1.29 is 13.6 Å². The van der Waals surface area contributed by atoms with Crippen LogP contribution in [-0.2, 0) is 17.9 Å². The van der Waals surface area contributed by atoms with Crippen LogP contribution >= 0.6 is 11.8 Å². The fraction of sp³-hybridized carbons (Fsp3) is 0.231. The Hall–Kier alpha value is -3.72. The first-order valence-corrected chi connectivity index (χ1v) is 12.4. The van der Waals surface area contributed by atoms with E-state index in [4.69, 9.17) is 9.40 Å². The van der Waals surface area contributed by atoms with Gasteiger partial charge in [-0.25, -0.2) is 9.37 Å². The van der Waals surface area contributed by atoms with Crippen LogP contribution in [0.1, 0.15) is 30.6 Å². The van der Waals surface area contributed by atoms with Gasteiger partial charge in [0.1, 0.15) is 17.1 Å². The number of amides is 1. The third kappa shape index (κ3) is 5.51. The van der Waals surface area contributed by atoms with Crippen molar-refractivity contribution in [2.45, 2.75) is 37.5 Å². The van der Waals surface area contributed by atoms with Crippen LogP contribution in [0.3, 0.4) is 0 Å². The lowest BCUT2D eigenvalue weighted by Crippen LogP contribution is -2.22. The maximum atomic E-state index is 13.4. The van der Waals surface area contributed by atoms with Gasteiger partial charge >= 0.3 is 0 Å². The van der Waals surface area contributed by atoms with E-state index in [-0.39, 0.29) is 11.7 Å². The van der Waals surface area contributed by atoms with Crippen LogP contribution in [0.4, 0.5) is 4.39 Å². The third-order valence-corrected chi connectivity index (χ3v) is 6.60. The summed E-state index contributed by atoms with van der Waals surface area (Å²) in [6.07, 6.45) is 3.69. The largest absolute Gasteiger partial charge is 0.467 e. The molecule has 1 amide bonds. The summed E-state index contributed by atoms with van der Waals surface area (Å²) in [4.78, 5) is 16.8. The Balaban J connectivity index is 1.22. The Kier molecular flexibility index (Phi) is 7.04. The molecule has 0 saturated carbocycles. The van der Waals surface area contributed by atoms with Gasteiger partial charge in [-0.15, -0.1) is 10.2 Å². The first-order chi connectivity index (χ1) is 17.2. The molecule has 5 rings (SSSR count). The van der Waals surface area contributed by atoms with Gasteiger partial charge in [0, 0.05) is 24.1 Å². The van der Waals surface area contributed by atoms with Crippen LogP contribution < -0.4 is 5.32 Å². The SMILES string of the molecule is O=C(CCCCSc1nnc2c3ccccc3n(Cc3ccc(F)cc3)c2n1)NCc1ccco1. The molecular weight excluding hydrogens is 465 g/mol. The van der Waals surface area contributed by atoms with Crippen LogP contribution in [0.25, 0.3) is 22.1 Å². The third-order valence-electron chi connectivity index (χ3n) is 5.68. The van der Waals surface area contributed by atoms with Gasteiger partial charge in [0.25, 0.3) is 0 Å². The summed E-state index contributed by atoms with van der Waals surface area (Å²) in [5, 5.41) is 13.2. The Labute approximate surface area is 205 Å². The van der Waals surface area contributed by atoms with Gasteiger partial charge in [-0.1, -0.05) is 42.1 Å². The summed E-state index contributed by atoms with van der Waals surface area (Å²) in [6.45, 7) is 0.965. The number of unbranched alkanes of at least 4 members (excludes halogenated alkanes) is 1. The summed E-state index contributed by atoms with van der Waals surface area (Å²) < 4.78 is 20.7. The average Bonchev–Trinajstić information content (AvgIpc) is 3.51. The molecule has 0 atom stereocenters. The number of halogens is 1. The molecular formula is C26H24FN5O2S. The van der Waals surface area contributed by atoms with E-state index in [1.54, 1.807) is 24.5 Å². The highest BCUT2D eigenvalue weighted by Gasteiger charge is 2.15. The molecule has 2 aromatic carbocycles. The van der Waals surface area contributed by atoms with Gasteiger partial charge in [-0.2, -0.15) is 0 Å². The second-order valence-corrected chi connectivity index (χ2v) is 9.22. The average molecular weight is 490 g/mol. The Bertz CT molecular complexity index is 1430. The predicted octanol–water partition coefficient (Wildman–Crippen LogP) is 5.34. The standard InChI is InChI=1S/C26H24FN5O2S/c27-19-12-10-18(11-13-19)17-32-22-8-2-1-7-21(22)24-25(32)29-26(31-30-24)35-15-4-3-9-23(33)28-16-20-6-5-14-34-20/h1-2,5-8,10-14H,3-4,9,15-17H2,(H,28,33). The normalized spacial score (nSPS) is 11.3. The zero-order valence-electron chi connectivity index (χ0n) is 19.0. The minimum absolute atomic E-state index is 0.0102. The van der Waals surface area contributed by atoms with Crippen molar-refractivity contribution in [1.82, 2.24) is 25.1 Å². The molecule has 0 radical (unpaired) electrons. The smallest absolute Gasteiger partial charge is 0.220 e. The van der Waals surface area contributed by atoms with Crippen molar-refractivity contribution in [2.75, 3.05) is 5.75 Å². The molecule has 0 bridgehead atoms. The Morgan fingerprint density at radius 2 is 1.89 bits per heavy atom. The van der Waals surface area contributed by atoms with Gasteiger partial charge in [-0.3, -0.25) is 4.79 Å². The molecule has 1 N–H and O–H groups in total. The Morgan fingerprint density at radius 1 is 1.03 bits per heavy atom. The number of para-hydroxylation sites is 1. The number of hydrogen-bond acceptors (Lipinski definition) is 6. The molecule has 3 heterocycles. The summed E-state index contributed by atoms with van der Waals surface area (Å²) in [5.41, 5.74) is 3.49. The lowest BCUT2D eigenvalue weighted by Gasteiger charge is -2.07. The van der Waals surface area contributed by atoms with Crippen LogP contribution in [0.15, 0.2) is 76.5 Å². The zero-order chi connectivity index (χ0) is 24.0. The second kappa shape index (κ2) is 10.7. The van der Waals surface area contributed by atoms with Crippen LogP contribution in [0, 0.1) is 5.82 Å². The van der Waals surface area contributed by atoms with E-state index in [0.29, 0.717) is 24.7 Å². The second-order valence-electron chi connectivity index (χ2n) is 8.16. The lowest BCUT2D eigenvalue weighted by atomic mass is 10.2. The molecule has 5 aromatic rings. The molecule has 0 aliphatic heterocycles. The van der Waals surface area contributed by atoms with Gasteiger partial charge in [0.15, 0.2) is 5.65 Å². The number of hydrogen-bond donors (Lipinski definition) is 1. The summed E-state index contributed by atoms with van der Waals surface area (Å²) in [5.74, 6) is 1.28. The highest BCUT2D eigenvalue weighted by atomic mass is 32.2. The predicted molar refractivity (Wildman–Crippen MR) is 133 cm³/mol.